The normalized spacial score (nSPS) is 28.2. The molecule has 17 heavy (non-hydrogen) atoms. The highest BCUT2D eigenvalue weighted by atomic mass is 16.5. The molecule has 0 saturated carbocycles. The van der Waals surface area contributed by atoms with Gasteiger partial charge in [-0.25, -0.2) is 0 Å². The zero-order valence-electron chi connectivity index (χ0n) is 12.0. The average molecular weight is 242 g/mol. The molecule has 1 N–H and O–H groups in total. The molecule has 3 heteroatoms. The Bertz CT molecular complexity index is 199. The van der Waals surface area contributed by atoms with Crippen LogP contribution in [-0.2, 0) is 4.74 Å². The summed E-state index contributed by atoms with van der Waals surface area (Å²) < 4.78 is 5.50. The summed E-state index contributed by atoms with van der Waals surface area (Å²) in [5, 5.41) is 3.67. The van der Waals surface area contributed by atoms with E-state index in [0.29, 0.717) is 12.1 Å². The minimum absolute atomic E-state index is 0.664. The van der Waals surface area contributed by atoms with Crippen molar-refractivity contribution in [3.63, 3.8) is 0 Å². The summed E-state index contributed by atoms with van der Waals surface area (Å²) in [4.78, 5) is 2.63. The molecular formula is C14H30N2O. The Hall–Kier alpha value is -0.120. The molecule has 0 spiro atoms. The molecule has 3 unspecified atom stereocenters. The predicted octanol–water partition coefficient (Wildman–Crippen LogP) is 2.12. The molecule has 1 heterocycles. The van der Waals surface area contributed by atoms with Crippen LogP contribution in [0.25, 0.3) is 0 Å². The average Bonchev–Trinajstić information content (AvgIpc) is 2.38. The van der Waals surface area contributed by atoms with E-state index in [1.165, 1.54) is 19.4 Å². The van der Waals surface area contributed by atoms with Crippen molar-refractivity contribution in [2.24, 2.45) is 5.92 Å². The van der Waals surface area contributed by atoms with Gasteiger partial charge >= 0.3 is 0 Å². The molecule has 0 aliphatic carbocycles. The van der Waals surface area contributed by atoms with Crippen LogP contribution in [0.4, 0.5) is 0 Å². The van der Waals surface area contributed by atoms with Crippen LogP contribution in [-0.4, -0.2) is 49.8 Å². The van der Waals surface area contributed by atoms with Crippen molar-refractivity contribution in [3.8, 4) is 0 Å². The lowest BCUT2D eigenvalue weighted by molar-refractivity contribution is 0.0496. The van der Waals surface area contributed by atoms with Gasteiger partial charge in [0.15, 0.2) is 0 Å². The van der Waals surface area contributed by atoms with Gasteiger partial charge in [-0.15, -0.1) is 0 Å². The molecule has 0 radical (unpaired) electrons. The van der Waals surface area contributed by atoms with Crippen molar-refractivity contribution < 1.29 is 4.74 Å². The first-order chi connectivity index (χ1) is 8.22. The lowest BCUT2D eigenvalue weighted by atomic mass is 9.94. The largest absolute Gasteiger partial charge is 0.380 e. The maximum atomic E-state index is 5.50. The zero-order chi connectivity index (χ0) is 12.7. The van der Waals surface area contributed by atoms with E-state index in [2.05, 4.69) is 37.9 Å². The van der Waals surface area contributed by atoms with Crippen LogP contribution in [0.3, 0.4) is 0 Å². The molecule has 1 saturated heterocycles. The minimum atomic E-state index is 0.664. The number of hydrogen-bond donors (Lipinski definition) is 1. The van der Waals surface area contributed by atoms with E-state index in [1.807, 2.05) is 0 Å². The fourth-order valence-electron chi connectivity index (χ4n) is 2.59. The van der Waals surface area contributed by atoms with Crippen molar-refractivity contribution in [2.75, 3.05) is 32.8 Å². The molecule has 0 amide bonds. The van der Waals surface area contributed by atoms with Gasteiger partial charge in [0.1, 0.15) is 0 Å². The smallest absolute Gasteiger partial charge is 0.0593 e. The number of hydrogen-bond acceptors (Lipinski definition) is 3. The summed E-state index contributed by atoms with van der Waals surface area (Å²) in [6.45, 7) is 14.1. The van der Waals surface area contributed by atoms with E-state index in [0.717, 1.165) is 32.2 Å². The number of piperazine rings is 1. The summed E-state index contributed by atoms with van der Waals surface area (Å²) in [5.41, 5.74) is 0. The first kappa shape index (κ1) is 14.9. The van der Waals surface area contributed by atoms with E-state index in [9.17, 15) is 0 Å². The fraction of sp³-hybridized carbons (Fsp3) is 1.00. The maximum Gasteiger partial charge on any atom is 0.0593 e. The SMILES string of the molecule is CCOCCN1CC(CC)NCC1C(C)CC. The van der Waals surface area contributed by atoms with Crippen LogP contribution in [0, 0.1) is 5.92 Å². The molecule has 3 atom stereocenters. The standard InChI is InChI=1S/C14H30N2O/c1-5-12(4)14-10-15-13(6-2)11-16(14)8-9-17-7-3/h12-15H,5-11H2,1-4H3. The molecule has 102 valence electrons. The highest BCUT2D eigenvalue weighted by Gasteiger charge is 2.29. The number of ether oxygens (including phenoxy) is 1. The summed E-state index contributed by atoms with van der Waals surface area (Å²) in [6, 6.07) is 1.35. The molecule has 1 aliphatic heterocycles. The predicted molar refractivity (Wildman–Crippen MR) is 73.4 cm³/mol. The van der Waals surface area contributed by atoms with Gasteiger partial charge in [-0.3, -0.25) is 4.90 Å². The fourth-order valence-corrected chi connectivity index (χ4v) is 2.59. The van der Waals surface area contributed by atoms with Gasteiger partial charge in [-0.05, 0) is 19.3 Å². The third-order valence-corrected chi connectivity index (χ3v) is 4.06. The summed E-state index contributed by atoms with van der Waals surface area (Å²) in [6.07, 6.45) is 2.48. The maximum absolute atomic E-state index is 5.50. The van der Waals surface area contributed by atoms with Gasteiger partial charge in [0, 0.05) is 38.3 Å². The molecule has 0 aromatic carbocycles. The van der Waals surface area contributed by atoms with E-state index in [-0.39, 0.29) is 0 Å². The molecule has 1 aliphatic rings. The Morgan fingerprint density at radius 2 is 2.12 bits per heavy atom. The van der Waals surface area contributed by atoms with Crippen molar-refractivity contribution in [2.45, 2.75) is 52.6 Å². The van der Waals surface area contributed by atoms with E-state index >= 15 is 0 Å². The van der Waals surface area contributed by atoms with E-state index in [1.54, 1.807) is 0 Å². The molecule has 0 aromatic rings. The Morgan fingerprint density at radius 1 is 1.35 bits per heavy atom. The second-order valence-electron chi connectivity index (χ2n) is 5.16. The van der Waals surface area contributed by atoms with Gasteiger partial charge in [-0.2, -0.15) is 0 Å². The van der Waals surface area contributed by atoms with Crippen molar-refractivity contribution in [1.29, 1.82) is 0 Å². The van der Waals surface area contributed by atoms with E-state index in [4.69, 9.17) is 4.74 Å². The highest BCUT2D eigenvalue weighted by Crippen LogP contribution is 2.18. The first-order valence-electron chi connectivity index (χ1n) is 7.28. The first-order valence-corrected chi connectivity index (χ1v) is 7.28. The van der Waals surface area contributed by atoms with Crippen LogP contribution >= 0.6 is 0 Å². The Morgan fingerprint density at radius 3 is 2.71 bits per heavy atom. The van der Waals surface area contributed by atoms with Crippen LogP contribution in [0.15, 0.2) is 0 Å². The molecule has 0 aromatic heterocycles. The van der Waals surface area contributed by atoms with Crippen LogP contribution in [0.5, 0.6) is 0 Å². The Balaban J connectivity index is 2.48. The van der Waals surface area contributed by atoms with Gasteiger partial charge in [0.05, 0.1) is 6.61 Å². The Kier molecular flexibility index (Phi) is 7.09. The molecule has 1 fully saturated rings. The monoisotopic (exact) mass is 242 g/mol. The molecule has 1 rings (SSSR count). The topological polar surface area (TPSA) is 24.5 Å². The van der Waals surface area contributed by atoms with Crippen molar-refractivity contribution >= 4 is 0 Å². The minimum Gasteiger partial charge on any atom is -0.380 e. The lowest BCUT2D eigenvalue weighted by Crippen LogP contribution is -2.58. The van der Waals surface area contributed by atoms with Crippen LogP contribution < -0.4 is 5.32 Å². The third kappa shape index (κ3) is 4.57. The highest BCUT2D eigenvalue weighted by molar-refractivity contribution is 4.87. The molecule has 3 nitrogen and oxygen atoms in total. The summed E-state index contributed by atoms with van der Waals surface area (Å²) in [7, 11) is 0. The zero-order valence-corrected chi connectivity index (χ0v) is 12.0. The van der Waals surface area contributed by atoms with Gasteiger partial charge in [-0.1, -0.05) is 27.2 Å². The van der Waals surface area contributed by atoms with Gasteiger partial charge < -0.3 is 10.1 Å². The molecule has 0 bridgehead atoms. The number of rotatable bonds is 7. The van der Waals surface area contributed by atoms with E-state index < -0.39 is 0 Å². The van der Waals surface area contributed by atoms with Crippen LogP contribution in [0.2, 0.25) is 0 Å². The number of nitrogens with zero attached hydrogens (tertiary/aromatic N) is 1. The van der Waals surface area contributed by atoms with Gasteiger partial charge in [0.25, 0.3) is 0 Å². The Labute approximate surface area is 107 Å². The van der Waals surface area contributed by atoms with Gasteiger partial charge in [0.2, 0.25) is 0 Å². The van der Waals surface area contributed by atoms with Crippen LogP contribution in [0.1, 0.15) is 40.5 Å². The quantitative estimate of drug-likeness (QED) is 0.692. The second-order valence-corrected chi connectivity index (χ2v) is 5.16. The lowest BCUT2D eigenvalue weighted by Gasteiger charge is -2.43. The van der Waals surface area contributed by atoms with Crippen molar-refractivity contribution in [1.82, 2.24) is 10.2 Å². The molecular weight excluding hydrogens is 212 g/mol. The number of nitrogens with one attached hydrogen (secondary N) is 1. The van der Waals surface area contributed by atoms with Crippen molar-refractivity contribution in [3.05, 3.63) is 0 Å². The summed E-state index contributed by atoms with van der Waals surface area (Å²) in [5.74, 6) is 0.766. The second kappa shape index (κ2) is 8.06. The third-order valence-electron chi connectivity index (χ3n) is 4.06. The summed E-state index contributed by atoms with van der Waals surface area (Å²) >= 11 is 0.